The fourth-order valence-electron chi connectivity index (χ4n) is 1.64. The first-order chi connectivity index (χ1) is 5.20. The SMILES string of the molecule is CC1CC=CC(C)C(C)CC1. The second-order valence-electron chi connectivity index (χ2n) is 4.18. The molecule has 0 nitrogen and oxygen atoms in total. The van der Waals surface area contributed by atoms with Crippen molar-refractivity contribution in [1.29, 1.82) is 0 Å². The van der Waals surface area contributed by atoms with Gasteiger partial charge >= 0.3 is 0 Å². The molecule has 1 rings (SSSR count). The van der Waals surface area contributed by atoms with Crippen LogP contribution in [0.25, 0.3) is 0 Å². The third-order valence-corrected chi connectivity index (χ3v) is 2.99. The fourth-order valence-corrected chi connectivity index (χ4v) is 1.64. The molecule has 0 aliphatic heterocycles. The van der Waals surface area contributed by atoms with E-state index in [9.17, 15) is 0 Å². The molecule has 0 heteroatoms. The average Bonchev–Trinajstić information content (AvgIpc) is 1.98. The molecule has 0 amide bonds. The molecule has 3 unspecified atom stereocenters. The summed E-state index contributed by atoms with van der Waals surface area (Å²) in [7, 11) is 0. The first kappa shape index (κ1) is 8.83. The highest BCUT2D eigenvalue weighted by molar-refractivity contribution is 4.91. The Labute approximate surface area is 70.7 Å². The molecule has 64 valence electrons. The quantitative estimate of drug-likeness (QED) is 0.465. The summed E-state index contributed by atoms with van der Waals surface area (Å²) in [6, 6.07) is 0. The maximum atomic E-state index is 2.39. The van der Waals surface area contributed by atoms with Crippen LogP contribution in [0, 0.1) is 17.8 Å². The van der Waals surface area contributed by atoms with Crippen molar-refractivity contribution in [3.63, 3.8) is 0 Å². The Morgan fingerprint density at radius 1 is 1.09 bits per heavy atom. The van der Waals surface area contributed by atoms with Crippen LogP contribution in [0.4, 0.5) is 0 Å². The van der Waals surface area contributed by atoms with Crippen LogP contribution in [0.15, 0.2) is 12.2 Å². The first-order valence-corrected chi connectivity index (χ1v) is 4.87. The maximum Gasteiger partial charge on any atom is -0.0236 e. The van der Waals surface area contributed by atoms with Gasteiger partial charge in [-0.05, 0) is 30.6 Å². The van der Waals surface area contributed by atoms with Crippen molar-refractivity contribution in [2.24, 2.45) is 17.8 Å². The lowest BCUT2D eigenvalue weighted by Gasteiger charge is -2.21. The van der Waals surface area contributed by atoms with Crippen molar-refractivity contribution in [1.82, 2.24) is 0 Å². The van der Waals surface area contributed by atoms with Gasteiger partial charge < -0.3 is 0 Å². The molecule has 1 aliphatic rings. The summed E-state index contributed by atoms with van der Waals surface area (Å²) in [6.07, 6.45) is 8.87. The van der Waals surface area contributed by atoms with Crippen molar-refractivity contribution in [3.05, 3.63) is 12.2 Å². The smallest absolute Gasteiger partial charge is 0.0236 e. The van der Waals surface area contributed by atoms with Crippen LogP contribution >= 0.6 is 0 Å². The molecule has 0 heterocycles. The second-order valence-corrected chi connectivity index (χ2v) is 4.18. The summed E-state index contributed by atoms with van der Waals surface area (Å²) in [5.74, 6) is 2.58. The van der Waals surface area contributed by atoms with Gasteiger partial charge in [-0.2, -0.15) is 0 Å². The molecular formula is C11H20. The average molecular weight is 152 g/mol. The van der Waals surface area contributed by atoms with Gasteiger partial charge in [-0.3, -0.25) is 0 Å². The van der Waals surface area contributed by atoms with Gasteiger partial charge in [0, 0.05) is 0 Å². The Balaban J connectivity index is 2.50. The van der Waals surface area contributed by atoms with Gasteiger partial charge in [-0.25, -0.2) is 0 Å². The molecule has 0 N–H and O–H groups in total. The Bertz CT molecular complexity index is 135. The zero-order valence-corrected chi connectivity index (χ0v) is 8.01. The van der Waals surface area contributed by atoms with Gasteiger partial charge in [0.15, 0.2) is 0 Å². The Morgan fingerprint density at radius 2 is 1.82 bits per heavy atom. The lowest BCUT2D eigenvalue weighted by Crippen LogP contribution is -2.09. The molecule has 1 aliphatic carbocycles. The van der Waals surface area contributed by atoms with Crippen molar-refractivity contribution in [2.75, 3.05) is 0 Å². The fraction of sp³-hybridized carbons (Fsp3) is 0.818. The number of allylic oxidation sites excluding steroid dienone is 2. The van der Waals surface area contributed by atoms with Gasteiger partial charge in [0.25, 0.3) is 0 Å². The maximum absolute atomic E-state index is 2.39. The summed E-state index contributed by atoms with van der Waals surface area (Å²) in [6.45, 7) is 7.05. The van der Waals surface area contributed by atoms with E-state index in [2.05, 4.69) is 32.9 Å². The second kappa shape index (κ2) is 3.94. The minimum atomic E-state index is 0.794. The zero-order chi connectivity index (χ0) is 8.27. The highest BCUT2D eigenvalue weighted by Gasteiger charge is 2.13. The molecule has 0 saturated heterocycles. The third-order valence-electron chi connectivity index (χ3n) is 2.99. The minimum absolute atomic E-state index is 0.794. The van der Waals surface area contributed by atoms with E-state index in [1.54, 1.807) is 0 Å². The molecule has 0 aromatic rings. The molecule has 11 heavy (non-hydrogen) atoms. The van der Waals surface area contributed by atoms with Crippen LogP contribution in [0.2, 0.25) is 0 Å². The molecule has 0 aromatic heterocycles. The zero-order valence-electron chi connectivity index (χ0n) is 8.01. The van der Waals surface area contributed by atoms with Crippen LogP contribution in [0.1, 0.15) is 40.0 Å². The predicted molar refractivity (Wildman–Crippen MR) is 50.5 cm³/mol. The van der Waals surface area contributed by atoms with Crippen molar-refractivity contribution < 1.29 is 0 Å². The minimum Gasteiger partial charge on any atom is -0.0880 e. The summed E-state index contributed by atoms with van der Waals surface area (Å²) < 4.78 is 0. The van der Waals surface area contributed by atoms with E-state index < -0.39 is 0 Å². The molecule has 0 fully saturated rings. The van der Waals surface area contributed by atoms with E-state index in [0.29, 0.717) is 0 Å². The molecule has 0 aromatic carbocycles. The van der Waals surface area contributed by atoms with Gasteiger partial charge in [-0.1, -0.05) is 39.3 Å². The molecular weight excluding hydrogens is 132 g/mol. The van der Waals surface area contributed by atoms with Crippen LogP contribution in [0.5, 0.6) is 0 Å². The predicted octanol–water partition coefficient (Wildman–Crippen LogP) is 3.63. The molecule has 0 radical (unpaired) electrons. The first-order valence-electron chi connectivity index (χ1n) is 4.87. The standard InChI is InChI=1S/C11H20/c1-9-5-4-6-10(2)11(3)8-7-9/h4,6,9-11H,5,7-8H2,1-3H3. The van der Waals surface area contributed by atoms with Crippen LogP contribution in [-0.4, -0.2) is 0 Å². The van der Waals surface area contributed by atoms with E-state index in [4.69, 9.17) is 0 Å². The number of hydrogen-bond donors (Lipinski definition) is 0. The summed E-state index contributed by atoms with van der Waals surface area (Å²) >= 11 is 0. The summed E-state index contributed by atoms with van der Waals surface area (Å²) in [5.41, 5.74) is 0. The largest absolute Gasteiger partial charge is 0.0880 e. The van der Waals surface area contributed by atoms with Crippen LogP contribution < -0.4 is 0 Å². The molecule has 0 spiro atoms. The topological polar surface area (TPSA) is 0 Å². The normalized spacial score (nSPS) is 39.7. The van der Waals surface area contributed by atoms with Crippen LogP contribution in [0.3, 0.4) is 0 Å². The lowest BCUT2D eigenvalue weighted by atomic mass is 9.85. The third kappa shape index (κ3) is 2.69. The van der Waals surface area contributed by atoms with Crippen molar-refractivity contribution >= 4 is 0 Å². The molecule has 0 bridgehead atoms. The Morgan fingerprint density at radius 3 is 2.55 bits per heavy atom. The van der Waals surface area contributed by atoms with E-state index in [1.165, 1.54) is 19.3 Å². The van der Waals surface area contributed by atoms with E-state index in [1.807, 2.05) is 0 Å². The number of hydrogen-bond acceptors (Lipinski definition) is 0. The van der Waals surface area contributed by atoms with Gasteiger partial charge in [0.05, 0.1) is 0 Å². The number of rotatable bonds is 0. The van der Waals surface area contributed by atoms with Crippen molar-refractivity contribution in [3.8, 4) is 0 Å². The van der Waals surface area contributed by atoms with Gasteiger partial charge in [0.2, 0.25) is 0 Å². The van der Waals surface area contributed by atoms with Crippen LogP contribution in [-0.2, 0) is 0 Å². The lowest BCUT2D eigenvalue weighted by molar-refractivity contribution is 0.364. The summed E-state index contributed by atoms with van der Waals surface area (Å²) in [4.78, 5) is 0. The van der Waals surface area contributed by atoms with E-state index in [0.717, 1.165) is 17.8 Å². The van der Waals surface area contributed by atoms with Gasteiger partial charge in [-0.15, -0.1) is 0 Å². The Hall–Kier alpha value is -0.260. The Kier molecular flexibility index (Phi) is 3.16. The highest BCUT2D eigenvalue weighted by Crippen LogP contribution is 2.25. The molecule has 0 saturated carbocycles. The highest BCUT2D eigenvalue weighted by atomic mass is 14.2. The molecule has 3 atom stereocenters. The summed E-state index contributed by atoms with van der Waals surface area (Å²) in [5, 5.41) is 0. The van der Waals surface area contributed by atoms with E-state index in [-0.39, 0.29) is 0 Å². The van der Waals surface area contributed by atoms with Gasteiger partial charge in [0.1, 0.15) is 0 Å². The monoisotopic (exact) mass is 152 g/mol. The van der Waals surface area contributed by atoms with Crippen molar-refractivity contribution in [2.45, 2.75) is 40.0 Å². The van der Waals surface area contributed by atoms with E-state index >= 15 is 0 Å².